The highest BCUT2D eigenvalue weighted by Crippen LogP contribution is 2.29. The predicted molar refractivity (Wildman–Crippen MR) is 93.0 cm³/mol. The molecule has 0 unspecified atom stereocenters. The largest absolute Gasteiger partial charge is 0.492 e. The first-order chi connectivity index (χ1) is 10.6. The van der Waals surface area contributed by atoms with Crippen molar-refractivity contribution in [3.63, 3.8) is 0 Å². The Morgan fingerprint density at radius 1 is 1.14 bits per heavy atom. The van der Waals surface area contributed by atoms with Crippen LogP contribution in [0.15, 0.2) is 53.4 Å². The molecule has 22 heavy (non-hydrogen) atoms. The molecular weight excluding hydrogens is 294 g/mol. The smallest absolute Gasteiger partial charge is 0.256 e. The number of nitrogens with one attached hydrogen (secondary N) is 1. The molecule has 2 rings (SSSR count). The van der Waals surface area contributed by atoms with Crippen molar-refractivity contribution in [3.05, 3.63) is 54.1 Å². The van der Waals surface area contributed by atoms with E-state index in [-0.39, 0.29) is 5.91 Å². The molecule has 0 fully saturated rings. The Kier molecular flexibility index (Phi) is 5.90. The van der Waals surface area contributed by atoms with Crippen molar-refractivity contribution in [2.45, 2.75) is 30.9 Å². The van der Waals surface area contributed by atoms with E-state index >= 15 is 0 Å². The maximum absolute atomic E-state index is 12.6. The summed E-state index contributed by atoms with van der Waals surface area (Å²) >= 11 is 1.69. The minimum Gasteiger partial charge on any atom is -0.492 e. The van der Waals surface area contributed by atoms with Gasteiger partial charge in [-0.2, -0.15) is 0 Å². The molecule has 2 aromatic carbocycles. The van der Waals surface area contributed by atoms with E-state index in [2.05, 4.69) is 19.2 Å². The molecule has 0 aliphatic rings. The van der Waals surface area contributed by atoms with Crippen LogP contribution in [0.25, 0.3) is 0 Å². The van der Waals surface area contributed by atoms with Crippen molar-refractivity contribution >= 4 is 23.4 Å². The number of para-hydroxylation sites is 2. The number of amides is 1. The van der Waals surface area contributed by atoms with Crippen LogP contribution in [0, 0.1) is 0 Å². The van der Waals surface area contributed by atoms with Gasteiger partial charge in [-0.3, -0.25) is 4.79 Å². The molecule has 0 aliphatic heterocycles. The van der Waals surface area contributed by atoms with Crippen molar-refractivity contribution in [2.24, 2.45) is 0 Å². The van der Waals surface area contributed by atoms with Gasteiger partial charge in [0, 0.05) is 10.1 Å². The van der Waals surface area contributed by atoms with E-state index in [1.807, 2.05) is 55.5 Å². The van der Waals surface area contributed by atoms with Gasteiger partial charge in [-0.25, -0.2) is 0 Å². The van der Waals surface area contributed by atoms with Gasteiger partial charge in [-0.1, -0.05) is 38.1 Å². The average Bonchev–Trinajstić information content (AvgIpc) is 2.49. The zero-order valence-corrected chi connectivity index (χ0v) is 13.9. The van der Waals surface area contributed by atoms with Gasteiger partial charge in [0.1, 0.15) is 5.75 Å². The summed E-state index contributed by atoms with van der Waals surface area (Å²) in [5.74, 6) is 0.572. The van der Waals surface area contributed by atoms with Crippen LogP contribution in [-0.4, -0.2) is 17.8 Å². The van der Waals surface area contributed by atoms with E-state index in [4.69, 9.17) is 4.74 Å². The lowest BCUT2D eigenvalue weighted by molar-refractivity contribution is 0.102. The molecular formula is C18H21NO2S. The Morgan fingerprint density at radius 2 is 1.82 bits per heavy atom. The number of hydrogen-bond donors (Lipinski definition) is 1. The second-order valence-electron chi connectivity index (χ2n) is 5.05. The number of benzene rings is 2. The third-order valence-electron chi connectivity index (χ3n) is 2.93. The molecule has 1 N–H and O–H groups in total. The predicted octanol–water partition coefficient (Wildman–Crippen LogP) is 4.84. The summed E-state index contributed by atoms with van der Waals surface area (Å²) < 4.78 is 5.55. The van der Waals surface area contributed by atoms with Gasteiger partial charge in [0.05, 0.1) is 17.9 Å². The van der Waals surface area contributed by atoms with Crippen LogP contribution in [0.5, 0.6) is 5.75 Å². The van der Waals surface area contributed by atoms with E-state index in [1.165, 1.54) is 0 Å². The lowest BCUT2D eigenvalue weighted by atomic mass is 10.2. The highest BCUT2D eigenvalue weighted by molar-refractivity contribution is 8.00. The van der Waals surface area contributed by atoms with Gasteiger partial charge in [0.25, 0.3) is 5.91 Å². The molecule has 0 radical (unpaired) electrons. The second kappa shape index (κ2) is 7.90. The van der Waals surface area contributed by atoms with Gasteiger partial charge in [-0.15, -0.1) is 11.8 Å². The number of ether oxygens (including phenoxy) is 1. The van der Waals surface area contributed by atoms with E-state index < -0.39 is 0 Å². The van der Waals surface area contributed by atoms with Crippen LogP contribution in [0.3, 0.4) is 0 Å². The lowest BCUT2D eigenvalue weighted by Gasteiger charge is -2.14. The quantitative estimate of drug-likeness (QED) is 0.775. The fourth-order valence-corrected chi connectivity index (χ4v) is 3.00. The molecule has 0 aromatic heterocycles. The van der Waals surface area contributed by atoms with Crippen LogP contribution in [0.1, 0.15) is 31.1 Å². The standard InChI is InChI=1S/C18H21NO2S/c1-4-21-16-11-7-6-10-15(16)19-18(20)14-9-5-8-12-17(14)22-13(2)3/h5-13H,4H2,1-3H3,(H,19,20). The second-order valence-corrected chi connectivity index (χ2v) is 6.66. The molecule has 0 spiro atoms. The van der Waals surface area contributed by atoms with Crippen molar-refractivity contribution < 1.29 is 9.53 Å². The van der Waals surface area contributed by atoms with Crippen molar-refractivity contribution in [3.8, 4) is 5.75 Å². The summed E-state index contributed by atoms with van der Waals surface area (Å²) in [4.78, 5) is 13.6. The summed E-state index contributed by atoms with van der Waals surface area (Å²) in [7, 11) is 0. The Bertz CT molecular complexity index is 640. The van der Waals surface area contributed by atoms with Gasteiger partial charge < -0.3 is 10.1 Å². The summed E-state index contributed by atoms with van der Waals surface area (Å²) in [6.45, 7) is 6.72. The molecule has 0 bridgehead atoms. The molecule has 3 nitrogen and oxygen atoms in total. The first-order valence-electron chi connectivity index (χ1n) is 7.40. The molecule has 1 amide bonds. The number of hydrogen-bond acceptors (Lipinski definition) is 3. The summed E-state index contributed by atoms with van der Waals surface area (Å²) in [6.07, 6.45) is 0. The van der Waals surface area contributed by atoms with E-state index in [0.29, 0.717) is 28.9 Å². The summed E-state index contributed by atoms with van der Waals surface area (Å²) in [5.41, 5.74) is 1.38. The van der Waals surface area contributed by atoms with Gasteiger partial charge >= 0.3 is 0 Å². The number of carbonyl (C=O) groups excluding carboxylic acids is 1. The third-order valence-corrected chi connectivity index (χ3v) is 4.01. The normalized spacial score (nSPS) is 10.5. The summed E-state index contributed by atoms with van der Waals surface area (Å²) in [6, 6.07) is 15.1. The zero-order valence-electron chi connectivity index (χ0n) is 13.1. The van der Waals surface area contributed by atoms with Gasteiger partial charge in [0.15, 0.2) is 0 Å². The van der Waals surface area contributed by atoms with Crippen molar-refractivity contribution in [1.29, 1.82) is 0 Å². The number of carbonyl (C=O) groups is 1. The fourth-order valence-electron chi connectivity index (χ4n) is 2.05. The molecule has 0 saturated carbocycles. The number of thioether (sulfide) groups is 1. The zero-order chi connectivity index (χ0) is 15.9. The first kappa shape index (κ1) is 16.4. The Balaban J connectivity index is 2.23. The minimum absolute atomic E-state index is 0.115. The SMILES string of the molecule is CCOc1ccccc1NC(=O)c1ccccc1SC(C)C. The molecule has 0 saturated heterocycles. The van der Waals surface area contributed by atoms with Crippen LogP contribution < -0.4 is 10.1 Å². The Hall–Kier alpha value is -1.94. The molecule has 4 heteroatoms. The average molecular weight is 315 g/mol. The van der Waals surface area contributed by atoms with Crippen LogP contribution in [0.2, 0.25) is 0 Å². The Morgan fingerprint density at radius 3 is 2.55 bits per heavy atom. The maximum Gasteiger partial charge on any atom is 0.256 e. The highest BCUT2D eigenvalue weighted by atomic mass is 32.2. The van der Waals surface area contributed by atoms with E-state index in [0.717, 1.165) is 4.90 Å². The van der Waals surface area contributed by atoms with Gasteiger partial charge in [0.2, 0.25) is 0 Å². The van der Waals surface area contributed by atoms with Crippen LogP contribution in [0.4, 0.5) is 5.69 Å². The fraction of sp³-hybridized carbons (Fsp3) is 0.278. The molecule has 0 aliphatic carbocycles. The van der Waals surface area contributed by atoms with Gasteiger partial charge in [-0.05, 0) is 31.2 Å². The molecule has 0 heterocycles. The minimum atomic E-state index is -0.115. The highest BCUT2D eigenvalue weighted by Gasteiger charge is 2.14. The molecule has 2 aromatic rings. The topological polar surface area (TPSA) is 38.3 Å². The monoisotopic (exact) mass is 315 g/mol. The summed E-state index contributed by atoms with van der Waals surface area (Å²) in [5, 5.41) is 3.37. The van der Waals surface area contributed by atoms with Crippen LogP contribution in [-0.2, 0) is 0 Å². The Labute approximate surface area is 136 Å². The van der Waals surface area contributed by atoms with E-state index in [9.17, 15) is 4.79 Å². The molecule has 0 atom stereocenters. The van der Waals surface area contributed by atoms with Crippen molar-refractivity contribution in [2.75, 3.05) is 11.9 Å². The maximum atomic E-state index is 12.6. The molecule has 116 valence electrons. The third kappa shape index (κ3) is 4.28. The van der Waals surface area contributed by atoms with Crippen LogP contribution >= 0.6 is 11.8 Å². The van der Waals surface area contributed by atoms with Crippen molar-refractivity contribution in [1.82, 2.24) is 0 Å². The number of anilines is 1. The lowest BCUT2D eigenvalue weighted by Crippen LogP contribution is -2.14. The number of rotatable bonds is 6. The first-order valence-corrected chi connectivity index (χ1v) is 8.28. The van der Waals surface area contributed by atoms with E-state index in [1.54, 1.807) is 11.8 Å².